The van der Waals surface area contributed by atoms with E-state index < -0.39 is 36.0 Å². The van der Waals surface area contributed by atoms with E-state index in [0.717, 1.165) is 16.7 Å². The fourth-order valence-corrected chi connectivity index (χ4v) is 5.68. The molecule has 2 aliphatic rings. The van der Waals surface area contributed by atoms with Gasteiger partial charge in [-0.3, -0.25) is 4.79 Å². The predicted molar refractivity (Wildman–Crippen MR) is 142 cm³/mol. The van der Waals surface area contributed by atoms with E-state index in [2.05, 4.69) is 0 Å². The molecule has 8 nitrogen and oxygen atoms in total. The van der Waals surface area contributed by atoms with Crippen LogP contribution >= 0.6 is 0 Å². The van der Waals surface area contributed by atoms with E-state index in [-0.39, 0.29) is 49.9 Å². The molecule has 0 saturated heterocycles. The summed E-state index contributed by atoms with van der Waals surface area (Å²) in [4.78, 5) is 24.1. The summed E-state index contributed by atoms with van der Waals surface area (Å²) in [6.45, 7) is 7.77. The van der Waals surface area contributed by atoms with E-state index in [9.17, 15) is 24.9 Å². The number of allylic oxidation sites excluding steroid dienone is 2. The number of carboxylic acid groups (broad SMARTS) is 1. The van der Waals surface area contributed by atoms with Crippen molar-refractivity contribution in [3.63, 3.8) is 0 Å². The fourth-order valence-electron chi connectivity index (χ4n) is 5.68. The Balaban J connectivity index is 1.75. The van der Waals surface area contributed by atoms with Crippen molar-refractivity contribution in [3.05, 3.63) is 53.1 Å². The summed E-state index contributed by atoms with van der Waals surface area (Å²) >= 11 is 0. The van der Waals surface area contributed by atoms with Crippen LogP contribution in [0, 0.1) is 31.6 Å². The van der Waals surface area contributed by atoms with Crippen LogP contribution in [0.5, 0.6) is 5.75 Å². The molecule has 0 aromatic heterocycles. The number of benzene rings is 1. The Morgan fingerprint density at radius 3 is 2.47 bits per heavy atom. The Hall–Kier alpha value is -2.68. The topological polar surface area (TPSA) is 134 Å². The van der Waals surface area contributed by atoms with Crippen LogP contribution in [0.3, 0.4) is 0 Å². The highest BCUT2D eigenvalue weighted by Crippen LogP contribution is 2.44. The zero-order valence-corrected chi connectivity index (χ0v) is 22.8. The zero-order valence-electron chi connectivity index (χ0n) is 22.8. The van der Waals surface area contributed by atoms with Crippen LogP contribution in [0.1, 0.15) is 69.9 Å². The highest BCUT2D eigenvalue weighted by Gasteiger charge is 2.43. The average molecular weight is 531 g/mol. The Morgan fingerprint density at radius 2 is 1.84 bits per heavy atom. The van der Waals surface area contributed by atoms with Gasteiger partial charge in [0.2, 0.25) is 0 Å². The van der Waals surface area contributed by atoms with Gasteiger partial charge in [-0.1, -0.05) is 50.3 Å². The Labute approximate surface area is 225 Å². The summed E-state index contributed by atoms with van der Waals surface area (Å²) in [6, 6.07) is 5.80. The van der Waals surface area contributed by atoms with Gasteiger partial charge in [0.15, 0.2) is 11.9 Å². The van der Waals surface area contributed by atoms with E-state index in [4.69, 9.17) is 14.6 Å². The van der Waals surface area contributed by atoms with Crippen molar-refractivity contribution in [2.24, 2.45) is 17.8 Å². The van der Waals surface area contributed by atoms with Gasteiger partial charge in [-0.25, -0.2) is 4.79 Å². The van der Waals surface area contributed by atoms with Crippen LogP contribution in [0.4, 0.5) is 0 Å². The molecule has 38 heavy (non-hydrogen) atoms. The quantitative estimate of drug-likeness (QED) is 0.233. The second kappa shape index (κ2) is 12.9. The number of hydrogen-bond acceptors (Lipinski definition) is 7. The van der Waals surface area contributed by atoms with Gasteiger partial charge in [-0.05, 0) is 61.6 Å². The summed E-state index contributed by atoms with van der Waals surface area (Å²) in [5.41, 5.74) is 2.74. The van der Waals surface area contributed by atoms with Gasteiger partial charge in [0.25, 0.3) is 0 Å². The van der Waals surface area contributed by atoms with Crippen LogP contribution < -0.4 is 4.74 Å². The van der Waals surface area contributed by atoms with Crippen molar-refractivity contribution >= 4 is 11.9 Å². The number of aryl methyl sites for hydroxylation is 2. The van der Waals surface area contributed by atoms with Gasteiger partial charge in [0.1, 0.15) is 11.9 Å². The van der Waals surface area contributed by atoms with Gasteiger partial charge >= 0.3 is 11.9 Å². The number of esters is 1. The largest absolute Gasteiger partial charge is 0.481 e. The lowest BCUT2D eigenvalue weighted by Crippen LogP contribution is -2.45. The molecule has 1 aromatic rings. The molecule has 4 N–H and O–H groups in total. The van der Waals surface area contributed by atoms with Gasteiger partial charge < -0.3 is 29.9 Å². The molecule has 0 amide bonds. The van der Waals surface area contributed by atoms with Crippen molar-refractivity contribution in [1.82, 2.24) is 0 Å². The minimum atomic E-state index is -1.98. The molecule has 210 valence electrons. The maximum atomic E-state index is 13.3. The molecule has 0 heterocycles. The van der Waals surface area contributed by atoms with E-state index in [1.807, 2.05) is 58.0 Å². The third kappa shape index (κ3) is 7.68. The smallest absolute Gasteiger partial charge is 0.347 e. The molecule has 8 heteroatoms. The standard InChI is InChI=1S/C30H42O8/c1-5-24(37-28-19(3)8-6-9-20(28)4)29(34)38-25-17-22(31)16-21-12-11-18(2)23(27(21)25)13-15-30(35,36)14-7-10-26(32)33/h6,8-9,11-12,16,18,22-25,27,31,35-36H,5,7,10,13-15,17H2,1-4H3,(H,32,33). The number of carbonyl (C=O) groups excluding carboxylic acids is 1. The summed E-state index contributed by atoms with van der Waals surface area (Å²) in [7, 11) is 0. The number of carbonyl (C=O) groups is 2. The highest BCUT2D eigenvalue weighted by molar-refractivity contribution is 5.75. The lowest BCUT2D eigenvalue weighted by Gasteiger charge is -2.43. The third-order valence-electron chi connectivity index (χ3n) is 7.79. The molecule has 1 aromatic carbocycles. The van der Waals surface area contributed by atoms with Crippen LogP contribution in [0.15, 0.2) is 42.0 Å². The molecular formula is C30H42O8. The number of aliphatic carboxylic acids is 1. The van der Waals surface area contributed by atoms with Crippen molar-refractivity contribution in [3.8, 4) is 5.75 Å². The van der Waals surface area contributed by atoms with Gasteiger partial charge in [0, 0.05) is 31.6 Å². The number of fused-ring (bicyclic) bond motifs is 1. The Kier molecular flexibility index (Phi) is 10.2. The fraction of sp³-hybridized carbons (Fsp3) is 0.600. The molecule has 2 aliphatic carbocycles. The lowest BCUT2D eigenvalue weighted by molar-refractivity contribution is -0.177. The first-order valence-corrected chi connectivity index (χ1v) is 13.6. The summed E-state index contributed by atoms with van der Waals surface area (Å²) in [5.74, 6) is -2.97. The van der Waals surface area contributed by atoms with Crippen molar-refractivity contribution in [2.45, 2.75) is 96.7 Å². The molecule has 0 aliphatic heterocycles. The van der Waals surface area contributed by atoms with Crippen LogP contribution in [-0.2, 0) is 14.3 Å². The molecule has 0 fully saturated rings. The number of carboxylic acids is 1. The van der Waals surface area contributed by atoms with Crippen LogP contribution in [-0.4, -0.2) is 56.5 Å². The van der Waals surface area contributed by atoms with Crippen LogP contribution in [0.25, 0.3) is 0 Å². The molecule has 6 unspecified atom stereocenters. The van der Waals surface area contributed by atoms with Gasteiger partial charge in [0.05, 0.1) is 6.10 Å². The maximum Gasteiger partial charge on any atom is 0.347 e. The van der Waals surface area contributed by atoms with Crippen molar-refractivity contribution in [1.29, 1.82) is 0 Å². The second-order valence-corrected chi connectivity index (χ2v) is 10.9. The average Bonchev–Trinajstić information content (AvgIpc) is 2.83. The third-order valence-corrected chi connectivity index (χ3v) is 7.79. The molecule has 3 rings (SSSR count). The lowest BCUT2D eigenvalue weighted by atomic mass is 9.66. The molecule has 6 atom stereocenters. The first kappa shape index (κ1) is 29.9. The normalized spacial score (nSPS) is 25.8. The summed E-state index contributed by atoms with van der Waals surface area (Å²) in [6.07, 6.45) is 4.80. The molecule has 0 spiro atoms. The second-order valence-electron chi connectivity index (χ2n) is 10.9. The first-order valence-electron chi connectivity index (χ1n) is 13.6. The molecule has 0 bridgehead atoms. The van der Waals surface area contributed by atoms with Crippen LogP contribution in [0.2, 0.25) is 0 Å². The molecule has 0 saturated carbocycles. The zero-order chi connectivity index (χ0) is 28.0. The van der Waals surface area contributed by atoms with E-state index >= 15 is 0 Å². The SMILES string of the molecule is CCC(Oc1c(C)cccc1C)C(=O)OC1CC(O)C=C2C=CC(C)C(CCC(O)(O)CCCC(=O)O)C21. The van der Waals surface area contributed by atoms with Gasteiger partial charge in [-0.2, -0.15) is 0 Å². The molecular weight excluding hydrogens is 488 g/mol. The number of rotatable bonds is 12. The Morgan fingerprint density at radius 1 is 1.16 bits per heavy atom. The first-order chi connectivity index (χ1) is 17.9. The van der Waals surface area contributed by atoms with Gasteiger partial charge in [-0.15, -0.1) is 0 Å². The van der Waals surface area contributed by atoms with Crippen molar-refractivity contribution in [2.75, 3.05) is 0 Å². The monoisotopic (exact) mass is 530 g/mol. The minimum absolute atomic E-state index is 0.0332. The number of hydrogen-bond donors (Lipinski definition) is 4. The van der Waals surface area contributed by atoms with E-state index in [0.29, 0.717) is 18.6 Å². The van der Waals surface area contributed by atoms with E-state index in [1.54, 1.807) is 6.08 Å². The maximum absolute atomic E-state index is 13.3. The predicted octanol–water partition coefficient (Wildman–Crippen LogP) is 4.22. The number of aliphatic hydroxyl groups is 3. The summed E-state index contributed by atoms with van der Waals surface area (Å²) < 4.78 is 12.2. The van der Waals surface area contributed by atoms with Crippen molar-refractivity contribution < 1.29 is 39.5 Å². The number of aliphatic hydroxyl groups excluding tert-OH is 1. The highest BCUT2D eigenvalue weighted by atomic mass is 16.6. The molecule has 0 radical (unpaired) electrons. The Bertz CT molecular complexity index is 1020. The number of ether oxygens (including phenoxy) is 2. The minimum Gasteiger partial charge on any atom is -0.481 e. The number of para-hydroxylation sites is 1. The summed E-state index contributed by atoms with van der Waals surface area (Å²) in [5, 5.41) is 40.3. The van der Waals surface area contributed by atoms with E-state index in [1.165, 1.54) is 0 Å².